The van der Waals surface area contributed by atoms with Gasteiger partial charge in [-0.15, -0.1) is 0 Å². The summed E-state index contributed by atoms with van der Waals surface area (Å²) in [6.07, 6.45) is 0.915. The molecule has 1 aromatic rings. The molecule has 4 heteroatoms. The molecule has 0 bridgehead atoms. The van der Waals surface area contributed by atoms with Gasteiger partial charge in [-0.3, -0.25) is 4.79 Å². The molecule has 1 unspecified atom stereocenters. The summed E-state index contributed by atoms with van der Waals surface area (Å²) < 4.78 is 4.93. The molecule has 0 spiro atoms. The van der Waals surface area contributed by atoms with Gasteiger partial charge in [0.15, 0.2) is 0 Å². The lowest BCUT2D eigenvalue weighted by molar-refractivity contribution is -0.134. The maximum absolute atomic E-state index is 12.1. The van der Waals surface area contributed by atoms with Crippen molar-refractivity contribution in [2.45, 2.75) is 25.9 Å². The molecular formula is C14H22N2O2. The molecule has 1 amide bonds. The first-order valence-corrected chi connectivity index (χ1v) is 6.26. The van der Waals surface area contributed by atoms with Crippen LogP contribution in [0.3, 0.4) is 0 Å². The van der Waals surface area contributed by atoms with E-state index < -0.39 is 6.04 Å². The lowest BCUT2D eigenvalue weighted by Crippen LogP contribution is -2.46. The van der Waals surface area contributed by atoms with Crippen molar-refractivity contribution >= 4 is 5.91 Å². The predicted octanol–water partition coefficient (Wildman–Crippen LogP) is 1.40. The Balaban J connectivity index is 2.67. The second-order valence-corrected chi connectivity index (χ2v) is 4.31. The summed E-state index contributed by atoms with van der Waals surface area (Å²) >= 11 is 0. The number of nitrogens with two attached hydrogens (primary N) is 1. The minimum Gasteiger partial charge on any atom is -0.383 e. The topological polar surface area (TPSA) is 55.6 Å². The van der Waals surface area contributed by atoms with Crippen LogP contribution in [0.25, 0.3) is 0 Å². The number of benzene rings is 1. The first kappa shape index (κ1) is 14.7. The van der Waals surface area contributed by atoms with E-state index in [9.17, 15) is 4.79 Å². The Kier molecular flexibility index (Phi) is 6.39. The van der Waals surface area contributed by atoms with Crippen molar-refractivity contribution in [2.75, 3.05) is 20.3 Å². The Hall–Kier alpha value is -1.39. The van der Waals surface area contributed by atoms with Gasteiger partial charge in [-0.05, 0) is 12.0 Å². The van der Waals surface area contributed by atoms with Gasteiger partial charge in [0.2, 0.25) is 5.91 Å². The smallest absolute Gasteiger partial charge is 0.242 e. The molecular weight excluding hydrogens is 228 g/mol. The molecule has 1 rings (SSSR count). The van der Waals surface area contributed by atoms with Crippen molar-refractivity contribution < 1.29 is 9.53 Å². The standard InChI is InChI=1S/C14H22N2O2/c1-3-9-16(14(17)13(15)11-18-2)10-12-7-5-4-6-8-12/h4-8,13H,3,9-11,15H2,1-2H3. The van der Waals surface area contributed by atoms with Crippen LogP contribution in [0, 0.1) is 0 Å². The number of carbonyl (C=O) groups excluding carboxylic acids is 1. The van der Waals surface area contributed by atoms with E-state index in [0.29, 0.717) is 13.1 Å². The second kappa shape index (κ2) is 7.84. The van der Waals surface area contributed by atoms with Crippen molar-refractivity contribution in [1.82, 2.24) is 4.90 Å². The summed E-state index contributed by atoms with van der Waals surface area (Å²) in [6, 6.07) is 9.35. The van der Waals surface area contributed by atoms with E-state index in [1.807, 2.05) is 37.3 Å². The number of nitrogens with zero attached hydrogens (tertiary/aromatic N) is 1. The molecule has 0 aliphatic carbocycles. The molecule has 1 atom stereocenters. The number of amides is 1. The largest absolute Gasteiger partial charge is 0.383 e. The van der Waals surface area contributed by atoms with Gasteiger partial charge in [0.05, 0.1) is 6.61 Å². The summed E-state index contributed by atoms with van der Waals surface area (Å²) in [5.74, 6) is -0.0532. The van der Waals surface area contributed by atoms with Crippen LogP contribution in [0.4, 0.5) is 0 Å². The van der Waals surface area contributed by atoms with Gasteiger partial charge >= 0.3 is 0 Å². The Bertz CT molecular complexity index is 354. The molecule has 0 aliphatic rings. The van der Waals surface area contributed by atoms with Crippen LogP contribution in [-0.2, 0) is 16.1 Å². The third kappa shape index (κ3) is 4.47. The van der Waals surface area contributed by atoms with E-state index in [2.05, 4.69) is 0 Å². The summed E-state index contributed by atoms with van der Waals surface area (Å²) in [7, 11) is 1.55. The van der Waals surface area contributed by atoms with E-state index in [1.54, 1.807) is 12.0 Å². The van der Waals surface area contributed by atoms with Gasteiger partial charge < -0.3 is 15.4 Å². The molecule has 2 N–H and O–H groups in total. The SMILES string of the molecule is CCCN(Cc1ccccc1)C(=O)C(N)COC. The van der Waals surface area contributed by atoms with Gasteiger partial charge in [-0.1, -0.05) is 37.3 Å². The summed E-state index contributed by atoms with van der Waals surface area (Å²) in [5, 5.41) is 0. The van der Waals surface area contributed by atoms with E-state index in [4.69, 9.17) is 10.5 Å². The van der Waals surface area contributed by atoms with Crippen LogP contribution >= 0.6 is 0 Å². The second-order valence-electron chi connectivity index (χ2n) is 4.31. The molecule has 4 nitrogen and oxygen atoms in total. The van der Waals surface area contributed by atoms with Crippen LogP contribution in [-0.4, -0.2) is 37.1 Å². The third-order valence-electron chi connectivity index (χ3n) is 2.68. The van der Waals surface area contributed by atoms with Gasteiger partial charge in [0.1, 0.15) is 6.04 Å². The van der Waals surface area contributed by atoms with E-state index in [0.717, 1.165) is 12.0 Å². The minimum absolute atomic E-state index is 0.0532. The molecule has 18 heavy (non-hydrogen) atoms. The highest BCUT2D eigenvalue weighted by Gasteiger charge is 2.20. The molecule has 0 fully saturated rings. The van der Waals surface area contributed by atoms with Crippen LogP contribution < -0.4 is 5.73 Å². The van der Waals surface area contributed by atoms with Crippen LogP contribution in [0.2, 0.25) is 0 Å². The van der Waals surface area contributed by atoms with Gasteiger partial charge in [0, 0.05) is 20.2 Å². The Morgan fingerprint density at radius 1 is 1.39 bits per heavy atom. The van der Waals surface area contributed by atoms with E-state index in [-0.39, 0.29) is 12.5 Å². The maximum Gasteiger partial charge on any atom is 0.242 e. The predicted molar refractivity (Wildman–Crippen MR) is 72.0 cm³/mol. The lowest BCUT2D eigenvalue weighted by Gasteiger charge is -2.25. The molecule has 0 saturated carbocycles. The number of methoxy groups -OCH3 is 1. The van der Waals surface area contributed by atoms with E-state index >= 15 is 0 Å². The highest BCUT2D eigenvalue weighted by molar-refractivity contribution is 5.81. The molecule has 0 heterocycles. The Morgan fingerprint density at radius 2 is 2.06 bits per heavy atom. The minimum atomic E-state index is -0.578. The fraction of sp³-hybridized carbons (Fsp3) is 0.500. The van der Waals surface area contributed by atoms with Gasteiger partial charge in [-0.2, -0.15) is 0 Å². The van der Waals surface area contributed by atoms with E-state index in [1.165, 1.54) is 0 Å². The van der Waals surface area contributed by atoms with Crippen molar-refractivity contribution in [1.29, 1.82) is 0 Å². The monoisotopic (exact) mass is 250 g/mol. The molecule has 100 valence electrons. The molecule has 0 saturated heterocycles. The highest BCUT2D eigenvalue weighted by Crippen LogP contribution is 2.06. The lowest BCUT2D eigenvalue weighted by atomic mass is 10.2. The summed E-state index contributed by atoms with van der Waals surface area (Å²) in [6.45, 7) is 3.62. The number of rotatable bonds is 7. The van der Waals surface area contributed by atoms with Crippen molar-refractivity contribution in [3.8, 4) is 0 Å². The number of hydrogen-bond acceptors (Lipinski definition) is 3. The molecule has 1 aromatic carbocycles. The Morgan fingerprint density at radius 3 is 2.61 bits per heavy atom. The highest BCUT2D eigenvalue weighted by atomic mass is 16.5. The Labute approximate surface area is 109 Å². The van der Waals surface area contributed by atoms with Gasteiger partial charge in [-0.25, -0.2) is 0 Å². The number of ether oxygens (including phenoxy) is 1. The zero-order chi connectivity index (χ0) is 13.4. The first-order chi connectivity index (χ1) is 8.69. The maximum atomic E-state index is 12.1. The third-order valence-corrected chi connectivity index (χ3v) is 2.68. The van der Waals surface area contributed by atoms with Crippen LogP contribution in [0.15, 0.2) is 30.3 Å². The fourth-order valence-corrected chi connectivity index (χ4v) is 1.83. The molecule has 0 radical (unpaired) electrons. The number of hydrogen-bond donors (Lipinski definition) is 1. The van der Waals surface area contributed by atoms with Crippen LogP contribution in [0.5, 0.6) is 0 Å². The van der Waals surface area contributed by atoms with Crippen molar-refractivity contribution in [2.24, 2.45) is 5.73 Å². The molecule has 0 aromatic heterocycles. The van der Waals surface area contributed by atoms with Crippen LogP contribution in [0.1, 0.15) is 18.9 Å². The number of carbonyl (C=O) groups is 1. The zero-order valence-electron chi connectivity index (χ0n) is 11.1. The van der Waals surface area contributed by atoms with Gasteiger partial charge in [0.25, 0.3) is 0 Å². The average Bonchev–Trinajstić information content (AvgIpc) is 2.39. The molecule has 0 aliphatic heterocycles. The first-order valence-electron chi connectivity index (χ1n) is 6.26. The summed E-state index contributed by atoms with van der Waals surface area (Å²) in [5.41, 5.74) is 6.91. The zero-order valence-corrected chi connectivity index (χ0v) is 11.1. The fourth-order valence-electron chi connectivity index (χ4n) is 1.83. The van der Waals surface area contributed by atoms with Crippen molar-refractivity contribution in [3.05, 3.63) is 35.9 Å². The van der Waals surface area contributed by atoms with Crippen molar-refractivity contribution in [3.63, 3.8) is 0 Å². The summed E-state index contributed by atoms with van der Waals surface area (Å²) in [4.78, 5) is 13.9. The normalized spacial score (nSPS) is 12.2. The average molecular weight is 250 g/mol. The quantitative estimate of drug-likeness (QED) is 0.796.